The van der Waals surface area contributed by atoms with Crippen LogP contribution in [0.2, 0.25) is 0 Å². The number of hydrogen-bond acceptors (Lipinski definition) is 2. The summed E-state index contributed by atoms with van der Waals surface area (Å²) in [4.78, 5) is 4.86. The third-order valence-electron chi connectivity index (χ3n) is 6.64. The largest absolute Gasteiger partial charge is 0.372 e. The van der Waals surface area contributed by atoms with Crippen LogP contribution in [-0.4, -0.2) is 54.2 Å². The zero-order chi connectivity index (χ0) is 19.6. The Morgan fingerprint density at radius 3 is 2.33 bits per heavy atom. The van der Waals surface area contributed by atoms with Gasteiger partial charge in [0.25, 0.3) is 0 Å². The third-order valence-corrected chi connectivity index (χ3v) is 7.33. The summed E-state index contributed by atoms with van der Waals surface area (Å²) in [5, 5.41) is 0. The number of aromatic nitrogens is 1. The number of quaternary nitrogens is 1. The van der Waals surface area contributed by atoms with Gasteiger partial charge in [0.2, 0.25) is 5.69 Å². The number of aryl methyl sites for hydroxylation is 1. The quantitative estimate of drug-likeness (QED) is 0.269. The van der Waals surface area contributed by atoms with Crippen LogP contribution < -0.4 is 0 Å². The van der Waals surface area contributed by atoms with Gasteiger partial charge in [0.15, 0.2) is 0 Å². The van der Waals surface area contributed by atoms with Crippen LogP contribution in [0.1, 0.15) is 56.8 Å². The van der Waals surface area contributed by atoms with Crippen LogP contribution in [0.3, 0.4) is 0 Å². The SMILES string of the molecule is CC[N+](C)(C)C=[N+](C)c1cc(Br)c(COC2CCC3CCC3CC2)nc1C. The molecule has 2 aliphatic carbocycles. The van der Waals surface area contributed by atoms with E-state index in [0.717, 1.165) is 44.4 Å². The van der Waals surface area contributed by atoms with Crippen molar-refractivity contribution in [2.75, 3.05) is 27.7 Å². The molecule has 0 N–H and O–H groups in total. The molecule has 3 rings (SSSR count). The van der Waals surface area contributed by atoms with Crippen molar-refractivity contribution in [1.29, 1.82) is 0 Å². The van der Waals surface area contributed by atoms with Crippen molar-refractivity contribution in [3.8, 4) is 0 Å². The van der Waals surface area contributed by atoms with E-state index >= 15 is 0 Å². The fourth-order valence-corrected chi connectivity index (χ4v) is 4.82. The van der Waals surface area contributed by atoms with E-state index in [4.69, 9.17) is 9.72 Å². The Morgan fingerprint density at radius 1 is 1.19 bits per heavy atom. The van der Waals surface area contributed by atoms with Crippen LogP contribution in [0.5, 0.6) is 0 Å². The maximum atomic E-state index is 6.29. The van der Waals surface area contributed by atoms with Crippen LogP contribution in [-0.2, 0) is 11.3 Å². The number of nitrogens with zero attached hydrogens (tertiary/aromatic N) is 3. The molecule has 2 aliphatic rings. The van der Waals surface area contributed by atoms with Gasteiger partial charge in [-0.2, -0.15) is 4.58 Å². The number of halogens is 1. The van der Waals surface area contributed by atoms with Gasteiger partial charge in [0.1, 0.15) is 12.7 Å². The minimum atomic E-state index is 0.406. The number of fused-ring (bicyclic) bond motifs is 1. The number of hydrogen-bond donors (Lipinski definition) is 0. The summed E-state index contributed by atoms with van der Waals surface area (Å²) < 4.78 is 10.3. The fourth-order valence-electron chi connectivity index (χ4n) is 4.40. The molecule has 150 valence electrons. The summed E-state index contributed by atoms with van der Waals surface area (Å²) in [6.07, 6.45) is 10.7. The zero-order valence-corrected chi connectivity index (χ0v) is 19.3. The lowest BCUT2D eigenvalue weighted by Gasteiger charge is -2.34. The van der Waals surface area contributed by atoms with E-state index in [2.05, 4.69) is 67.9 Å². The van der Waals surface area contributed by atoms with Gasteiger partial charge in [0, 0.05) is 10.5 Å². The molecule has 1 aromatic heterocycles. The average molecular weight is 438 g/mol. The summed E-state index contributed by atoms with van der Waals surface area (Å²) in [6.45, 7) is 5.94. The highest BCUT2D eigenvalue weighted by Crippen LogP contribution is 2.44. The van der Waals surface area contributed by atoms with Crippen molar-refractivity contribution in [1.82, 2.24) is 4.98 Å². The van der Waals surface area contributed by atoms with E-state index in [0.29, 0.717) is 12.7 Å². The van der Waals surface area contributed by atoms with E-state index in [1.807, 2.05) is 0 Å². The Hall–Kier alpha value is -0.780. The lowest BCUT2D eigenvalue weighted by Crippen LogP contribution is -2.40. The van der Waals surface area contributed by atoms with E-state index < -0.39 is 0 Å². The van der Waals surface area contributed by atoms with Crippen LogP contribution >= 0.6 is 15.9 Å². The zero-order valence-electron chi connectivity index (χ0n) is 17.7. The van der Waals surface area contributed by atoms with Crippen LogP contribution in [0.15, 0.2) is 10.5 Å². The van der Waals surface area contributed by atoms with E-state index in [-0.39, 0.29) is 0 Å². The maximum Gasteiger partial charge on any atom is 0.331 e. The molecule has 5 heteroatoms. The number of pyridine rings is 1. The highest BCUT2D eigenvalue weighted by Gasteiger charge is 2.34. The van der Waals surface area contributed by atoms with Gasteiger partial charge in [-0.05, 0) is 80.1 Å². The molecule has 27 heavy (non-hydrogen) atoms. The Morgan fingerprint density at radius 2 is 1.78 bits per heavy atom. The molecule has 0 bridgehead atoms. The fraction of sp³-hybridized carbons (Fsp3) is 0.727. The second-order valence-corrected chi connectivity index (χ2v) is 9.88. The summed E-state index contributed by atoms with van der Waals surface area (Å²) in [5.74, 6) is 1.98. The van der Waals surface area contributed by atoms with Gasteiger partial charge in [-0.25, -0.2) is 9.47 Å². The maximum absolute atomic E-state index is 6.29. The molecule has 2 atom stereocenters. The van der Waals surface area contributed by atoms with Crippen LogP contribution in [0.4, 0.5) is 5.69 Å². The minimum absolute atomic E-state index is 0.406. The Bertz CT molecular complexity index is 687. The molecule has 1 heterocycles. The molecule has 0 spiro atoms. The highest BCUT2D eigenvalue weighted by atomic mass is 79.9. The normalized spacial score (nSPS) is 26.3. The number of rotatable bonds is 6. The second kappa shape index (κ2) is 8.71. The summed E-state index contributed by atoms with van der Waals surface area (Å²) >= 11 is 3.73. The molecule has 2 unspecified atom stereocenters. The van der Waals surface area contributed by atoms with Gasteiger partial charge in [0.05, 0.1) is 39.0 Å². The first-order valence-electron chi connectivity index (χ1n) is 10.5. The molecular weight excluding hydrogens is 402 g/mol. The third kappa shape index (κ3) is 5.18. The van der Waals surface area contributed by atoms with Gasteiger partial charge >= 0.3 is 6.34 Å². The summed E-state index contributed by atoms with van der Waals surface area (Å²) in [5.41, 5.74) is 3.20. The first kappa shape index (κ1) is 20.9. The molecule has 2 saturated carbocycles. The molecular formula is C22H36BrN3O+2. The molecule has 2 fully saturated rings. The standard InChI is InChI=1S/C22H36BrN3O/c1-6-26(4,5)15-25(3)22-13-20(23)21(24-16(22)2)14-27-19-11-9-17-7-8-18(17)10-12-19/h13,15,17-19H,6-12,14H2,1-5H3/q+2. The van der Waals surface area contributed by atoms with Crippen LogP contribution in [0, 0.1) is 18.8 Å². The van der Waals surface area contributed by atoms with Crippen LogP contribution in [0.25, 0.3) is 0 Å². The van der Waals surface area contributed by atoms with Crippen molar-refractivity contribution in [2.24, 2.45) is 11.8 Å². The van der Waals surface area contributed by atoms with Crippen molar-refractivity contribution in [3.05, 3.63) is 21.9 Å². The molecule has 1 aromatic rings. The summed E-state index contributed by atoms with van der Waals surface area (Å²) in [6, 6.07) is 2.18. The van der Waals surface area contributed by atoms with E-state index in [1.54, 1.807) is 0 Å². The van der Waals surface area contributed by atoms with Gasteiger partial charge in [-0.1, -0.05) is 0 Å². The smallest absolute Gasteiger partial charge is 0.331 e. The average Bonchev–Trinajstić information content (AvgIpc) is 2.73. The van der Waals surface area contributed by atoms with Gasteiger partial charge in [-0.3, -0.25) is 0 Å². The first-order valence-corrected chi connectivity index (χ1v) is 11.3. The summed E-state index contributed by atoms with van der Waals surface area (Å²) in [7, 11) is 6.51. The molecule has 0 radical (unpaired) electrons. The van der Waals surface area contributed by atoms with Gasteiger partial charge in [-0.15, -0.1) is 0 Å². The van der Waals surface area contributed by atoms with Crippen molar-refractivity contribution >= 4 is 28.0 Å². The lowest BCUT2D eigenvalue weighted by atomic mass is 9.71. The minimum Gasteiger partial charge on any atom is -0.372 e. The van der Waals surface area contributed by atoms with Gasteiger partial charge < -0.3 is 4.74 Å². The van der Waals surface area contributed by atoms with E-state index in [1.165, 1.54) is 38.5 Å². The van der Waals surface area contributed by atoms with Crippen molar-refractivity contribution < 1.29 is 13.8 Å². The number of ether oxygens (including phenoxy) is 1. The molecule has 4 nitrogen and oxygen atoms in total. The lowest BCUT2D eigenvalue weighted by molar-refractivity contribution is -0.809. The second-order valence-electron chi connectivity index (χ2n) is 9.03. The van der Waals surface area contributed by atoms with E-state index in [9.17, 15) is 0 Å². The Balaban J connectivity index is 1.66. The van der Waals surface area contributed by atoms with Crippen molar-refractivity contribution in [2.45, 2.75) is 65.1 Å². The Labute approximate surface area is 173 Å². The predicted molar refractivity (Wildman–Crippen MR) is 114 cm³/mol. The molecule has 0 aromatic carbocycles. The van der Waals surface area contributed by atoms with Crippen molar-refractivity contribution in [3.63, 3.8) is 0 Å². The molecule has 0 aliphatic heterocycles. The molecule has 0 amide bonds. The monoisotopic (exact) mass is 437 g/mol. The topological polar surface area (TPSA) is 25.1 Å². The highest BCUT2D eigenvalue weighted by molar-refractivity contribution is 9.10. The predicted octanol–water partition coefficient (Wildman–Crippen LogP) is 5.04. The molecule has 0 saturated heterocycles. The Kier molecular flexibility index (Phi) is 6.75. The first-order chi connectivity index (χ1) is 12.8.